The Bertz CT molecular complexity index is 487. The minimum absolute atomic E-state index is 0.0741. The van der Waals surface area contributed by atoms with E-state index in [1.165, 1.54) is 6.07 Å². The van der Waals surface area contributed by atoms with E-state index in [0.717, 1.165) is 5.52 Å². The Morgan fingerprint density at radius 1 is 1.31 bits per heavy atom. The first-order chi connectivity index (χ1) is 6.31. The summed E-state index contributed by atoms with van der Waals surface area (Å²) in [6, 6.07) is 8.85. The third kappa shape index (κ3) is 1.28. The van der Waals surface area contributed by atoms with Gasteiger partial charge in [-0.1, -0.05) is 6.07 Å². The van der Waals surface area contributed by atoms with Gasteiger partial charge in [0.25, 0.3) is 5.56 Å². The zero-order valence-electron chi connectivity index (χ0n) is 7.23. The van der Waals surface area contributed by atoms with Gasteiger partial charge >= 0.3 is 0 Å². The van der Waals surface area contributed by atoms with Gasteiger partial charge in [-0.3, -0.25) is 9.20 Å². The summed E-state index contributed by atoms with van der Waals surface area (Å²) < 4.78 is 6.56. The summed E-state index contributed by atoms with van der Waals surface area (Å²) in [6.45, 7) is 0. The normalized spacial score (nSPS) is 10.2. The zero-order valence-corrected chi connectivity index (χ0v) is 7.23. The number of aromatic nitrogens is 1. The summed E-state index contributed by atoms with van der Waals surface area (Å²) >= 11 is 0. The van der Waals surface area contributed by atoms with Crippen LogP contribution in [0.3, 0.4) is 0 Å². The van der Waals surface area contributed by atoms with E-state index in [0.29, 0.717) is 5.75 Å². The minimum Gasteiger partial charge on any atom is -0.496 e. The van der Waals surface area contributed by atoms with Crippen molar-refractivity contribution in [3.05, 3.63) is 46.9 Å². The van der Waals surface area contributed by atoms with Gasteiger partial charge in [-0.25, -0.2) is 0 Å². The Kier molecular flexibility index (Phi) is 1.77. The fraction of sp³-hybridized carbons (Fsp3) is 0.100. The summed E-state index contributed by atoms with van der Waals surface area (Å²) in [5, 5.41) is 0. The highest BCUT2D eigenvalue weighted by Gasteiger charge is 1.97. The molecule has 0 atom stereocenters. The van der Waals surface area contributed by atoms with Gasteiger partial charge in [0.05, 0.1) is 12.6 Å². The molecule has 0 fully saturated rings. The quantitative estimate of drug-likeness (QED) is 0.654. The molecule has 0 aliphatic heterocycles. The van der Waals surface area contributed by atoms with E-state index in [-0.39, 0.29) is 5.56 Å². The van der Waals surface area contributed by atoms with Gasteiger partial charge in [-0.2, -0.15) is 0 Å². The SMILES string of the molecule is COc1cc(=O)n2ccccc2c1. The van der Waals surface area contributed by atoms with Crippen LogP contribution in [0, 0.1) is 0 Å². The molecule has 0 spiro atoms. The number of rotatable bonds is 1. The van der Waals surface area contributed by atoms with Crippen LogP contribution in [-0.4, -0.2) is 11.5 Å². The summed E-state index contributed by atoms with van der Waals surface area (Å²) in [6.07, 6.45) is 1.73. The van der Waals surface area contributed by atoms with Crippen molar-refractivity contribution in [2.45, 2.75) is 0 Å². The largest absolute Gasteiger partial charge is 0.496 e. The van der Waals surface area contributed by atoms with Crippen LogP contribution in [0.5, 0.6) is 5.75 Å². The third-order valence-corrected chi connectivity index (χ3v) is 1.92. The fourth-order valence-corrected chi connectivity index (χ4v) is 1.27. The standard InChI is InChI=1S/C10H9NO2/c1-13-9-6-8-4-2-3-5-11(8)10(12)7-9/h2-7H,1H3. The number of ether oxygens (including phenoxy) is 1. The van der Waals surface area contributed by atoms with Crippen LogP contribution >= 0.6 is 0 Å². The first-order valence-electron chi connectivity index (χ1n) is 3.97. The van der Waals surface area contributed by atoms with Crippen molar-refractivity contribution < 1.29 is 4.74 Å². The van der Waals surface area contributed by atoms with Crippen molar-refractivity contribution in [1.82, 2.24) is 4.40 Å². The van der Waals surface area contributed by atoms with Crippen molar-refractivity contribution in [2.75, 3.05) is 7.11 Å². The Morgan fingerprint density at radius 3 is 2.92 bits per heavy atom. The minimum atomic E-state index is -0.0741. The van der Waals surface area contributed by atoms with Crippen molar-refractivity contribution in [1.29, 1.82) is 0 Å². The first kappa shape index (κ1) is 7.86. The number of fused-ring (bicyclic) bond motifs is 1. The van der Waals surface area contributed by atoms with Crippen LogP contribution < -0.4 is 10.3 Å². The predicted octanol–water partition coefficient (Wildman–Crippen LogP) is 1.31. The third-order valence-electron chi connectivity index (χ3n) is 1.92. The molecule has 0 aliphatic carbocycles. The van der Waals surface area contributed by atoms with Crippen molar-refractivity contribution in [3.8, 4) is 5.75 Å². The topological polar surface area (TPSA) is 30.7 Å². The molecule has 0 aromatic carbocycles. The number of hydrogen-bond donors (Lipinski definition) is 0. The van der Waals surface area contributed by atoms with Gasteiger partial charge in [0.15, 0.2) is 0 Å². The highest BCUT2D eigenvalue weighted by Crippen LogP contribution is 2.09. The second kappa shape index (κ2) is 2.94. The molecule has 13 heavy (non-hydrogen) atoms. The van der Waals surface area contributed by atoms with Gasteiger partial charge in [-0.05, 0) is 12.1 Å². The molecular weight excluding hydrogens is 166 g/mol. The van der Waals surface area contributed by atoms with E-state index in [1.807, 2.05) is 24.3 Å². The van der Waals surface area contributed by atoms with E-state index in [4.69, 9.17) is 4.74 Å². The summed E-state index contributed by atoms with van der Waals surface area (Å²) in [7, 11) is 1.55. The molecule has 0 amide bonds. The lowest BCUT2D eigenvalue weighted by Gasteiger charge is -2.02. The molecule has 0 unspecified atom stereocenters. The monoisotopic (exact) mass is 175 g/mol. The van der Waals surface area contributed by atoms with Crippen molar-refractivity contribution in [3.63, 3.8) is 0 Å². The first-order valence-corrected chi connectivity index (χ1v) is 3.97. The van der Waals surface area contributed by atoms with E-state index in [2.05, 4.69) is 0 Å². The maximum atomic E-state index is 11.4. The number of nitrogens with zero attached hydrogens (tertiary/aromatic N) is 1. The van der Waals surface area contributed by atoms with Gasteiger partial charge in [0.1, 0.15) is 5.75 Å². The molecule has 0 radical (unpaired) electrons. The van der Waals surface area contributed by atoms with E-state index in [9.17, 15) is 4.79 Å². The smallest absolute Gasteiger partial charge is 0.258 e. The molecule has 0 bridgehead atoms. The zero-order chi connectivity index (χ0) is 9.26. The summed E-state index contributed by atoms with van der Waals surface area (Å²) in [5.74, 6) is 0.594. The molecular formula is C10H9NO2. The highest BCUT2D eigenvalue weighted by atomic mass is 16.5. The van der Waals surface area contributed by atoms with Crippen LogP contribution in [0.4, 0.5) is 0 Å². The molecule has 66 valence electrons. The van der Waals surface area contributed by atoms with Crippen LogP contribution in [0.15, 0.2) is 41.3 Å². The summed E-state index contributed by atoms with van der Waals surface area (Å²) in [4.78, 5) is 11.4. The number of methoxy groups -OCH3 is 1. The van der Waals surface area contributed by atoms with E-state index in [1.54, 1.807) is 17.7 Å². The predicted molar refractivity (Wildman–Crippen MR) is 50.2 cm³/mol. The Labute approximate surface area is 75.2 Å². The highest BCUT2D eigenvalue weighted by molar-refractivity contribution is 5.50. The molecule has 3 heteroatoms. The molecule has 0 N–H and O–H groups in total. The number of hydrogen-bond acceptors (Lipinski definition) is 2. The van der Waals surface area contributed by atoms with Crippen molar-refractivity contribution in [2.24, 2.45) is 0 Å². The Hall–Kier alpha value is -1.77. The maximum absolute atomic E-state index is 11.4. The van der Waals surface area contributed by atoms with Gasteiger partial charge in [0.2, 0.25) is 0 Å². The van der Waals surface area contributed by atoms with Gasteiger partial charge in [0, 0.05) is 18.3 Å². The molecule has 0 aliphatic rings. The molecule has 0 saturated carbocycles. The lowest BCUT2D eigenvalue weighted by molar-refractivity contribution is 0.414. The number of pyridine rings is 2. The molecule has 2 aromatic heterocycles. The Morgan fingerprint density at radius 2 is 2.15 bits per heavy atom. The maximum Gasteiger partial charge on any atom is 0.258 e. The lowest BCUT2D eigenvalue weighted by Crippen LogP contribution is -2.11. The summed E-state index contributed by atoms with van der Waals surface area (Å²) in [5.41, 5.74) is 0.766. The van der Waals surface area contributed by atoms with Crippen molar-refractivity contribution >= 4 is 5.52 Å². The molecule has 2 rings (SSSR count). The molecule has 3 nitrogen and oxygen atoms in total. The average molecular weight is 175 g/mol. The average Bonchev–Trinajstić information content (AvgIpc) is 2.18. The second-order valence-corrected chi connectivity index (χ2v) is 2.73. The van der Waals surface area contributed by atoms with Crippen LogP contribution in [0.25, 0.3) is 5.52 Å². The molecule has 2 aromatic rings. The fourth-order valence-electron chi connectivity index (χ4n) is 1.27. The van der Waals surface area contributed by atoms with E-state index < -0.39 is 0 Å². The second-order valence-electron chi connectivity index (χ2n) is 2.73. The lowest BCUT2D eigenvalue weighted by atomic mass is 10.3. The Balaban J connectivity index is 2.85. The molecule has 2 heterocycles. The van der Waals surface area contributed by atoms with Crippen LogP contribution in [0.1, 0.15) is 0 Å². The van der Waals surface area contributed by atoms with Gasteiger partial charge < -0.3 is 4.74 Å². The van der Waals surface area contributed by atoms with Crippen LogP contribution in [0.2, 0.25) is 0 Å². The van der Waals surface area contributed by atoms with E-state index >= 15 is 0 Å². The van der Waals surface area contributed by atoms with Crippen LogP contribution in [-0.2, 0) is 0 Å². The van der Waals surface area contributed by atoms with Gasteiger partial charge in [-0.15, -0.1) is 0 Å². The molecule has 0 saturated heterocycles.